The molecule has 1 atom stereocenters. The van der Waals surface area contributed by atoms with E-state index in [0.717, 1.165) is 6.54 Å². The minimum atomic E-state index is 0.620. The number of nitrogens with one attached hydrogen (secondary N) is 1. The molecule has 1 heteroatoms. The first kappa shape index (κ1) is 12.4. The molecule has 1 aliphatic carbocycles. The van der Waals surface area contributed by atoms with E-state index in [2.05, 4.69) is 60.8 Å². The van der Waals surface area contributed by atoms with E-state index in [0.29, 0.717) is 6.04 Å². The normalized spacial score (nSPS) is 18.1. The molecule has 2 aromatic rings. The summed E-state index contributed by atoms with van der Waals surface area (Å²) in [6, 6.07) is 18.0. The van der Waals surface area contributed by atoms with Gasteiger partial charge >= 0.3 is 0 Å². The molecule has 0 aliphatic heterocycles. The molecule has 0 radical (unpaired) electrons. The number of hydrogen-bond acceptors (Lipinski definition) is 1. The van der Waals surface area contributed by atoms with Crippen molar-refractivity contribution in [3.05, 3.63) is 70.8 Å². The topological polar surface area (TPSA) is 12.0 Å². The summed E-state index contributed by atoms with van der Waals surface area (Å²) in [6.45, 7) is 3.21. The van der Waals surface area contributed by atoms with Gasteiger partial charge < -0.3 is 5.32 Å². The van der Waals surface area contributed by atoms with Gasteiger partial charge in [0.1, 0.15) is 0 Å². The van der Waals surface area contributed by atoms with E-state index in [-0.39, 0.29) is 0 Å². The van der Waals surface area contributed by atoms with Crippen LogP contribution in [0.2, 0.25) is 0 Å². The van der Waals surface area contributed by atoms with E-state index in [1.165, 1.54) is 36.0 Å². The highest BCUT2D eigenvalue weighted by Gasteiger charge is 2.18. The standard InChI is InChI=1S/C18H21N/c1-14-6-5-9-16-12-17(10-11-18(14)16)19-13-15-7-3-2-4-8-15/h2-9,17,19H,10-13H2,1H3. The van der Waals surface area contributed by atoms with Crippen molar-refractivity contribution in [1.82, 2.24) is 5.32 Å². The summed E-state index contributed by atoms with van der Waals surface area (Å²) in [7, 11) is 0. The van der Waals surface area contributed by atoms with Crippen LogP contribution >= 0.6 is 0 Å². The highest BCUT2D eigenvalue weighted by Crippen LogP contribution is 2.24. The van der Waals surface area contributed by atoms with Gasteiger partial charge in [-0.1, -0.05) is 48.5 Å². The summed E-state index contributed by atoms with van der Waals surface area (Å²) in [5, 5.41) is 3.70. The van der Waals surface area contributed by atoms with Crippen LogP contribution in [0.5, 0.6) is 0 Å². The molecule has 0 fully saturated rings. The fourth-order valence-electron chi connectivity index (χ4n) is 3.03. The van der Waals surface area contributed by atoms with E-state index >= 15 is 0 Å². The Morgan fingerprint density at radius 1 is 1.05 bits per heavy atom. The average molecular weight is 251 g/mol. The first-order chi connectivity index (χ1) is 9.33. The van der Waals surface area contributed by atoms with Crippen LogP contribution in [0.15, 0.2) is 48.5 Å². The maximum atomic E-state index is 3.70. The van der Waals surface area contributed by atoms with Crippen LogP contribution in [0.4, 0.5) is 0 Å². The van der Waals surface area contributed by atoms with E-state index in [4.69, 9.17) is 0 Å². The minimum Gasteiger partial charge on any atom is -0.310 e. The summed E-state index contributed by atoms with van der Waals surface area (Å²) in [5.41, 5.74) is 5.95. The summed E-state index contributed by atoms with van der Waals surface area (Å²) in [5.74, 6) is 0. The predicted octanol–water partition coefficient (Wildman–Crippen LogP) is 3.64. The van der Waals surface area contributed by atoms with Crippen molar-refractivity contribution in [3.63, 3.8) is 0 Å². The Balaban J connectivity index is 1.63. The van der Waals surface area contributed by atoms with Gasteiger partial charge in [0.2, 0.25) is 0 Å². The fraction of sp³-hybridized carbons (Fsp3) is 0.333. The third-order valence-corrected chi connectivity index (χ3v) is 4.15. The first-order valence-corrected chi connectivity index (χ1v) is 7.17. The molecule has 1 unspecified atom stereocenters. The van der Waals surface area contributed by atoms with Crippen LogP contribution in [0.25, 0.3) is 0 Å². The SMILES string of the molecule is Cc1cccc2c1CCC(NCc1ccccc1)C2. The molecule has 1 N–H and O–H groups in total. The van der Waals surface area contributed by atoms with E-state index in [9.17, 15) is 0 Å². The van der Waals surface area contributed by atoms with Crippen molar-refractivity contribution in [2.24, 2.45) is 0 Å². The Morgan fingerprint density at radius 2 is 1.89 bits per heavy atom. The molecule has 0 saturated heterocycles. The van der Waals surface area contributed by atoms with Gasteiger partial charge in [-0.3, -0.25) is 0 Å². The van der Waals surface area contributed by atoms with Crippen molar-refractivity contribution in [3.8, 4) is 0 Å². The molecule has 1 aliphatic rings. The molecule has 0 heterocycles. The monoisotopic (exact) mass is 251 g/mol. The van der Waals surface area contributed by atoms with Crippen LogP contribution in [0.1, 0.15) is 28.7 Å². The molecule has 0 aromatic heterocycles. The van der Waals surface area contributed by atoms with Crippen LogP contribution in [-0.2, 0) is 19.4 Å². The summed E-state index contributed by atoms with van der Waals surface area (Å²) < 4.78 is 0. The predicted molar refractivity (Wildman–Crippen MR) is 80.3 cm³/mol. The maximum absolute atomic E-state index is 3.70. The van der Waals surface area contributed by atoms with Gasteiger partial charge in [0.15, 0.2) is 0 Å². The Hall–Kier alpha value is -1.60. The Bertz CT molecular complexity index is 545. The highest BCUT2D eigenvalue weighted by molar-refractivity contribution is 5.37. The number of benzene rings is 2. The molecule has 0 saturated carbocycles. The second-order valence-corrected chi connectivity index (χ2v) is 5.52. The smallest absolute Gasteiger partial charge is 0.0208 e. The van der Waals surface area contributed by atoms with Crippen LogP contribution in [0, 0.1) is 6.92 Å². The average Bonchev–Trinajstić information content (AvgIpc) is 2.46. The Kier molecular flexibility index (Phi) is 3.65. The lowest BCUT2D eigenvalue weighted by atomic mass is 9.86. The van der Waals surface area contributed by atoms with Crippen LogP contribution < -0.4 is 5.32 Å². The van der Waals surface area contributed by atoms with Gasteiger partial charge in [0.25, 0.3) is 0 Å². The van der Waals surface area contributed by atoms with Crippen molar-refractivity contribution < 1.29 is 0 Å². The van der Waals surface area contributed by atoms with Gasteiger partial charge in [-0.2, -0.15) is 0 Å². The quantitative estimate of drug-likeness (QED) is 0.878. The van der Waals surface area contributed by atoms with E-state index in [1.807, 2.05) is 0 Å². The van der Waals surface area contributed by atoms with Crippen molar-refractivity contribution in [1.29, 1.82) is 0 Å². The molecule has 0 amide bonds. The minimum absolute atomic E-state index is 0.620. The third kappa shape index (κ3) is 2.87. The van der Waals surface area contributed by atoms with E-state index in [1.54, 1.807) is 5.56 Å². The van der Waals surface area contributed by atoms with Crippen LogP contribution in [-0.4, -0.2) is 6.04 Å². The zero-order valence-corrected chi connectivity index (χ0v) is 11.5. The molecular weight excluding hydrogens is 230 g/mol. The zero-order chi connectivity index (χ0) is 13.1. The molecule has 98 valence electrons. The van der Waals surface area contributed by atoms with Gasteiger partial charge in [-0.15, -0.1) is 0 Å². The van der Waals surface area contributed by atoms with Crippen molar-refractivity contribution in [2.45, 2.75) is 38.8 Å². The molecule has 0 bridgehead atoms. The molecule has 2 aromatic carbocycles. The Morgan fingerprint density at radius 3 is 2.74 bits per heavy atom. The fourth-order valence-corrected chi connectivity index (χ4v) is 3.03. The van der Waals surface area contributed by atoms with Gasteiger partial charge in [0, 0.05) is 12.6 Å². The van der Waals surface area contributed by atoms with Gasteiger partial charge in [0.05, 0.1) is 0 Å². The van der Waals surface area contributed by atoms with Crippen molar-refractivity contribution >= 4 is 0 Å². The molecule has 3 rings (SSSR count). The van der Waals surface area contributed by atoms with Gasteiger partial charge in [-0.05, 0) is 48.4 Å². The summed E-state index contributed by atoms with van der Waals surface area (Å²) in [4.78, 5) is 0. The largest absolute Gasteiger partial charge is 0.310 e. The molecule has 0 spiro atoms. The van der Waals surface area contributed by atoms with Crippen molar-refractivity contribution in [2.75, 3.05) is 0 Å². The lowest BCUT2D eigenvalue weighted by molar-refractivity contribution is 0.457. The van der Waals surface area contributed by atoms with Crippen LogP contribution in [0.3, 0.4) is 0 Å². The zero-order valence-electron chi connectivity index (χ0n) is 11.5. The molecule has 1 nitrogen and oxygen atoms in total. The lowest BCUT2D eigenvalue weighted by Crippen LogP contribution is -2.34. The third-order valence-electron chi connectivity index (χ3n) is 4.15. The first-order valence-electron chi connectivity index (χ1n) is 7.17. The second-order valence-electron chi connectivity index (χ2n) is 5.52. The number of rotatable bonds is 3. The number of hydrogen-bond donors (Lipinski definition) is 1. The maximum Gasteiger partial charge on any atom is 0.0208 e. The molecule has 19 heavy (non-hydrogen) atoms. The molecular formula is C18H21N. The second kappa shape index (κ2) is 5.58. The van der Waals surface area contributed by atoms with E-state index < -0.39 is 0 Å². The van der Waals surface area contributed by atoms with Gasteiger partial charge in [-0.25, -0.2) is 0 Å². The number of aryl methyl sites for hydroxylation is 1. The highest BCUT2D eigenvalue weighted by atomic mass is 14.9. The summed E-state index contributed by atoms with van der Waals surface area (Å²) >= 11 is 0. The summed E-state index contributed by atoms with van der Waals surface area (Å²) in [6.07, 6.45) is 3.64. The lowest BCUT2D eigenvalue weighted by Gasteiger charge is -2.26. The Labute approximate surface area is 115 Å². The number of fused-ring (bicyclic) bond motifs is 1.